The van der Waals surface area contributed by atoms with Gasteiger partial charge in [-0.15, -0.1) is 0 Å². The molecule has 94 valence electrons. The van der Waals surface area contributed by atoms with E-state index in [1.807, 2.05) is 0 Å². The Kier molecular flexibility index (Phi) is 1.35. The minimum absolute atomic E-state index is 0.489. The van der Waals surface area contributed by atoms with Gasteiger partial charge in [0.2, 0.25) is 0 Å². The third-order valence-corrected chi connectivity index (χ3v) is 7.42. The van der Waals surface area contributed by atoms with E-state index in [-0.39, 0.29) is 0 Å². The van der Waals surface area contributed by atoms with Crippen LogP contribution in [-0.2, 0) is 0 Å². The molecular weight excluding hydrogens is 212 g/mol. The molecule has 2 heteroatoms. The molecule has 0 aromatic carbocycles. The van der Waals surface area contributed by atoms with Crippen molar-refractivity contribution in [2.24, 2.45) is 35.0 Å². The maximum absolute atomic E-state index is 11.1. The molecule has 7 aliphatic carbocycles. The predicted octanol–water partition coefficient (Wildman–Crippen LogP) is 1.94. The third kappa shape index (κ3) is 0.889. The molecule has 7 fully saturated rings. The maximum atomic E-state index is 11.1. The highest BCUT2D eigenvalue weighted by Crippen LogP contribution is 2.75. The lowest BCUT2D eigenvalue weighted by Gasteiger charge is -2.76. The fraction of sp³-hybridized carbons (Fsp3) is 1.00. The van der Waals surface area contributed by atoms with Crippen LogP contribution < -0.4 is 0 Å². The Bertz CT molecular complexity index is 391. The molecule has 0 amide bonds. The van der Waals surface area contributed by atoms with Crippen LogP contribution in [0.5, 0.6) is 0 Å². The molecule has 7 saturated carbocycles. The van der Waals surface area contributed by atoms with Gasteiger partial charge in [-0.2, -0.15) is 0 Å². The van der Waals surface area contributed by atoms with E-state index in [4.69, 9.17) is 0 Å². The van der Waals surface area contributed by atoms with Crippen LogP contribution in [0.3, 0.4) is 0 Å². The second-order valence-corrected chi connectivity index (χ2v) is 8.43. The van der Waals surface area contributed by atoms with Gasteiger partial charge in [-0.3, -0.25) is 0 Å². The number of hydrogen-bond acceptors (Lipinski definition) is 2. The lowest BCUT2D eigenvalue weighted by molar-refractivity contribution is -0.336. The Morgan fingerprint density at radius 2 is 1.41 bits per heavy atom. The molecule has 7 rings (SSSR count). The molecule has 4 unspecified atom stereocenters. The van der Waals surface area contributed by atoms with E-state index in [0.717, 1.165) is 18.8 Å². The highest BCUT2D eigenvalue weighted by molar-refractivity contribution is 5.24. The van der Waals surface area contributed by atoms with Gasteiger partial charge in [0.05, 0.1) is 11.2 Å². The second-order valence-electron chi connectivity index (χ2n) is 8.43. The normalized spacial score (nSPS) is 74.6. The van der Waals surface area contributed by atoms with Crippen molar-refractivity contribution in [2.45, 2.75) is 56.7 Å². The summed E-state index contributed by atoms with van der Waals surface area (Å²) in [5.74, 6) is 3.14. The van der Waals surface area contributed by atoms with Gasteiger partial charge in [0.1, 0.15) is 0 Å². The molecule has 17 heavy (non-hydrogen) atoms. The molecule has 4 atom stereocenters. The molecule has 8 bridgehead atoms. The van der Waals surface area contributed by atoms with Crippen molar-refractivity contribution < 1.29 is 10.2 Å². The summed E-state index contributed by atoms with van der Waals surface area (Å²) in [6.07, 6.45) is 6.49. The average Bonchev–Trinajstić information content (AvgIpc) is 2.23. The lowest BCUT2D eigenvalue weighted by atomic mass is 9.31. The van der Waals surface area contributed by atoms with E-state index in [1.165, 1.54) is 19.3 Å². The maximum Gasteiger partial charge on any atom is 0.0737 e. The summed E-state index contributed by atoms with van der Waals surface area (Å²) in [5.41, 5.74) is -0.471. The van der Waals surface area contributed by atoms with E-state index in [0.29, 0.717) is 35.5 Å². The molecule has 0 aromatic heterocycles. The summed E-state index contributed by atoms with van der Waals surface area (Å²) >= 11 is 0. The monoisotopic (exact) mass is 234 g/mol. The first kappa shape index (κ1) is 9.80. The Balaban J connectivity index is 1.72. The van der Waals surface area contributed by atoms with Crippen molar-refractivity contribution in [2.75, 3.05) is 0 Å². The third-order valence-electron chi connectivity index (χ3n) is 7.42. The van der Waals surface area contributed by atoms with E-state index < -0.39 is 11.2 Å². The quantitative estimate of drug-likeness (QED) is 0.672. The number of rotatable bonds is 0. The van der Waals surface area contributed by atoms with Crippen molar-refractivity contribution in [1.29, 1.82) is 0 Å². The van der Waals surface area contributed by atoms with Gasteiger partial charge >= 0.3 is 0 Å². The molecule has 0 radical (unpaired) electrons. The van der Waals surface area contributed by atoms with Gasteiger partial charge < -0.3 is 10.2 Å². The first-order valence-electron chi connectivity index (χ1n) is 7.37. The Labute approximate surface area is 102 Å². The molecule has 7 aliphatic rings. The van der Waals surface area contributed by atoms with Gasteiger partial charge in [-0.25, -0.2) is 0 Å². The van der Waals surface area contributed by atoms with Gasteiger partial charge in [0, 0.05) is 6.42 Å². The van der Waals surface area contributed by atoms with Crippen LogP contribution in [0.15, 0.2) is 0 Å². The largest absolute Gasteiger partial charge is 0.390 e. The first-order valence-corrected chi connectivity index (χ1v) is 7.37. The van der Waals surface area contributed by atoms with Crippen molar-refractivity contribution >= 4 is 0 Å². The zero-order valence-corrected chi connectivity index (χ0v) is 10.5. The molecule has 0 aliphatic heterocycles. The summed E-state index contributed by atoms with van der Waals surface area (Å²) in [4.78, 5) is 0. The molecule has 0 heterocycles. The van der Waals surface area contributed by atoms with Crippen LogP contribution in [0, 0.1) is 35.0 Å². The Morgan fingerprint density at radius 1 is 0.824 bits per heavy atom. The SMILES string of the molecule is CC12CC3C4CC5(O)CC3C(C1)C(O)(C5)C4C2. The zero-order valence-electron chi connectivity index (χ0n) is 10.5. The smallest absolute Gasteiger partial charge is 0.0737 e. The van der Waals surface area contributed by atoms with Crippen molar-refractivity contribution in [3.63, 3.8) is 0 Å². The predicted molar refractivity (Wildman–Crippen MR) is 63.2 cm³/mol. The van der Waals surface area contributed by atoms with Gasteiger partial charge in [0.25, 0.3) is 0 Å². The lowest BCUT2D eigenvalue weighted by Crippen LogP contribution is -2.76. The Hall–Kier alpha value is -0.0800. The summed E-state index contributed by atoms with van der Waals surface area (Å²) in [5, 5.41) is 21.8. The van der Waals surface area contributed by atoms with Crippen LogP contribution >= 0.6 is 0 Å². The van der Waals surface area contributed by atoms with Crippen molar-refractivity contribution in [3.05, 3.63) is 0 Å². The highest BCUT2D eigenvalue weighted by atomic mass is 16.3. The summed E-state index contributed by atoms with van der Waals surface area (Å²) in [7, 11) is 0. The average molecular weight is 234 g/mol. The molecule has 0 spiro atoms. The van der Waals surface area contributed by atoms with Crippen LogP contribution in [0.2, 0.25) is 0 Å². The fourth-order valence-corrected chi connectivity index (χ4v) is 7.25. The van der Waals surface area contributed by atoms with E-state index in [2.05, 4.69) is 6.92 Å². The van der Waals surface area contributed by atoms with Crippen LogP contribution in [-0.4, -0.2) is 21.4 Å². The van der Waals surface area contributed by atoms with E-state index in [1.54, 1.807) is 0 Å². The first-order chi connectivity index (χ1) is 7.93. The number of hydrogen-bond donors (Lipinski definition) is 2. The Morgan fingerprint density at radius 3 is 2.00 bits per heavy atom. The van der Waals surface area contributed by atoms with Crippen molar-refractivity contribution in [3.8, 4) is 0 Å². The van der Waals surface area contributed by atoms with Crippen LogP contribution in [0.1, 0.15) is 45.4 Å². The fourth-order valence-electron chi connectivity index (χ4n) is 7.25. The minimum Gasteiger partial charge on any atom is -0.390 e. The molecule has 0 aromatic rings. The van der Waals surface area contributed by atoms with Crippen LogP contribution in [0.25, 0.3) is 0 Å². The van der Waals surface area contributed by atoms with Crippen molar-refractivity contribution in [1.82, 2.24) is 0 Å². The topological polar surface area (TPSA) is 40.5 Å². The summed E-state index contributed by atoms with van der Waals surface area (Å²) in [6.45, 7) is 2.45. The molecule has 2 N–H and O–H groups in total. The second kappa shape index (κ2) is 2.34. The zero-order chi connectivity index (χ0) is 11.6. The van der Waals surface area contributed by atoms with E-state index >= 15 is 0 Å². The molecule has 0 saturated heterocycles. The molecular formula is C15H22O2. The minimum atomic E-state index is -0.501. The van der Waals surface area contributed by atoms with Gasteiger partial charge in [-0.1, -0.05) is 6.92 Å². The number of aliphatic hydroxyl groups is 2. The van der Waals surface area contributed by atoms with Gasteiger partial charge in [0.15, 0.2) is 0 Å². The summed E-state index contributed by atoms with van der Waals surface area (Å²) < 4.78 is 0. The van der Waals surface area contributed by atoms with E-state index in [9.17, 15) is 10.2 Å². The standard InChI is InChI=1S/C15H22O2/c1-13-2-8-9-3-14(16)4-10(8)12(6-13)15(17,7-14)11(9)5-13/h8-12,16-17H,2-7H2,1H3. The van der Waals surface area contributed by atoms with Gasteiger partial charge in [-0.05, 0) is 67.1 Å². The highest BCUT2D eigenvalue weighted by Gasteiger charge is 2.74. The summed E-state index contributed by atoms with van der Waals surface area (Å²) in [6, 6.07) is 0. The molecule has 2 nitrogen and oxygen atoms in total. The van der Waals surface area contributed by atoms with Crippen LogP contribution in [0.4, 0.5) is 0 Å².